The van der Waals surface area contributed by atoms with Crippen molar-refractivity contribution in [3.05, 3.63) is 35.6 Å². The van der Waals surface area contributed by atoms with E-state index in [1.54, 1.807) is 19.1 Å². The number of nitrogens with zero attached hydrogens (tertiary/aromatic N) is 1. The van der Waals surface area contributed by atoms with Gasteiger partial charge in [-0.2, -0.15) is 5.06 Å². The lowest BCUT2D eigenvalue weighted by atomic mass is 9.82. The summed E-state index contributed by atoms with van der Waals surface area (Å²) in [4.78, 5) is 18.7. The van der Waals surface area contributed by atoms with Crippen LogP contribution < -0.4 is 0 Å². The van der Waals surface area contributed by atoms with Crippen LogP contribution in [-0.4, -0.2) is 34.8 Å². The number of esters is 1. The maximum atomic E-state index is 13.1. The Labute approximate surface area is 150 Å². The highest BCUT2D eigenvalue weighted by atomic mass is 19.1. The molecule has 1 unspecified atom stereocenters. The third-order valence-electron chi connectivity index (χ3n) is 4.79. The van der Waals surface area contributed by atoms with E-state index in [1.807, 2.05) is 5.06 Å². The van der Waals surface area contributed by atoms with Crippen LogP contribution >= 0.6 is 0 Å². The molecule has 1 atom stereocenters. The number of hydrogen-bond acceptors (Lipinski definition) is 4. The van der Waals surface area contributed by atoms with Gasteiger partial charge in [-0.1, -0.05) is 12.1 Å². The minimum atomic E-state index is -0.748. The van der Waals surface area contributed by atoms with Crippen LogP contribution in [0.5, 0.6) is 0 Å². The third kappa shape index (κ3) is 5.02. The summed E-state index contributed by atoms with van der Waals surface area (Å²) in [5, 5.41) is 1.97. The average molecular weight is 351 g/mol. The predicted molar refractivity (Wildman–Crippen MR) is 95.5 cm³/mol. The van der Waals surface area contributed by atoms with Crippen LogP contribution in [0.1, 0.15) is 59.4 Å². The van der Waals surface area contributed by atoms with E-state index < -0.39 is 6.10 Å². The number of benzene rings is 1. The smallest absolute Gasteiger partial charge is 0.337 e. The molecule has 1 aliphatic rings. The van der Waals surface area contributed by atoms with Crippen molar-refractivity contribution in [1.82, 2.24) is 5.06 Å². The van der Waals surface area contributed by atoms with E-state index in [0.29, 0.717) is 13.0 Å². The molecule has 0 N–H and O–H groups in total. The molecule has 1 fully saturated rings. The summed E-state index contributed by atoms with van der Waals surface area (Å²) >= 11 is 0. The van der Waals surface area contributed by atoms with E-state index in [0.717, 1.165) is 24.8 Å². The molecule has 1 heterocycles. The summed E-state index contributed by atoms with van der Waals surface area (Å²) in [5.74, 6) is -0.681. The molecule has 0 amide bonds. The largest absolute Gasteiger partial charge is 0.464 e. The topological polar surface area (TPSA) is 38.8 Å². The molecule has 0 bridgehead atoms. The first-order valence-electron chi connectivity index (χ1n) is 9.04. The Morgan fingerprint density at radius 2 is 1.72 bits per heavy atom. The summed E-state index contributed by atoms with van der Waals surface area (Å²) in [6, 6.07) is 6.15. The zero-order valence-corrected chi connectivity index (χ0v) is 16.0. The Morgan fingerprint density at radius 3 is 2.24 bits per heavy atom. The standard InChI is InChI=1S/C20H30FNO3/c1-6-24-18(23)17(14-15-8-10-16(21)11-9-15)25-22-19(2,3)12-7-13-20(22,4)5/h8-11,17H,6-7,12-14H2,1-5H3. The molecular formula is C20H30FNO3. The number of carbonyl (C=O) groups is 1. The maximum absolute atomic E-state index is 13.1. The van der Waals surface area contributed by atoms with Gasteiger partial charge >= 0.3 is 5.97 Å². The van der Waals surface area contributed by atoms with Gasteiger partial charge in [-0.25, -0.2) is 9.18 Å². The van der Waals surface area contributed by atoms with Crippen molar-refractivity contribution in [2.45, 2.75) is 77.5 Å². The van der Waals surface area contributed by atoms with Crippen LogP contribution in [0.25, 0.3) is 0 Å². The Hall–Kier alpha value is -1.46. The van der Waals surface area contributed by atoms with Gasteiger partial charge in [0, 0.05) is 17.5 Å². The molecule has 1 aliphatic heterocycles. The summed E-state index contributed by atoms with van der Waals surface area (Å²) in [6.07, 6.45) is 2.73. The van der Waals surface area contributed by atoms with Gasteiger partial charge in [-0.15, -0.1) is 0 Å². The molecule has 2 rings (SSSR count). The van der Waals surface area contributed by atoms with Crippen molar-refractivity contribution in [2.75, 3.05) is 6.61 Å². The lowest BCUT2D eigenvalue weighted by molar-refractivity contribution is -0.302. The zero-order chi connectivity index (χ0) is 18.7. The van der Waals surface area contributed by atoms with Gasteiger partial charge in [0.15, 0.2) is 6.10 Å². The number of carbonyl (C=O) groups excluding carboxylic acids is 1. The van der Waals surface area contributed by atoms with Crippen LogP contribution in [-0.2, 0) is 20.8 Å². The molecule has 25 heavy (non-hydrogen) atoms. The van der Waals surface area contributed by atoms with Gasteiger partial charge in [0.25, 0.3) is 0 Å². The molecule has 1 saturated heterocycles. The van der Waals surface area contributed by atoms with Crippen LogP contribution in [0.3, 0.4) is 0 Å². The first-order chi connectivity index (χ1) is 11.7. The number of hydrogen-bond donors (Lipinski definition) is 0. The van der Waals surface area contributed by atoms with Gasteiger partial charge in [0.2, 0.25) is 0 Å². The second-order valence-corrected chi connectivity index (χ2v) is 7.95. The van der Waals surface area contributed by atoms with Gasteiger partial charge < -0.3 is 4.74 Å². The SMILES string of the molecule is CCOC(=O)C(Cc1ccc(F)cc1)ON1C(C)(C)CCCC1(C)C. The van der Waals surface area contributed by atoms with Crippen molar-refractivity contribution < 1.29 is 18.8 Å². The minimum absolute atomic E-state index is 0.171. The minimum Gasteiger partial charge on any atom is -0.464 e. The van der Waals surface area contributed by atoms with E-state index in [1.165, 1.54) is 12.1 Å². The highest BCUT2D eigenvalue weighted by Gasteiger charge is 2.44. The molecule has 0 aliphatic carbocycles. The monoisotopic (exact) mass is 351 g/mol. The highest BCUT2D eigenvalue weighted by Crippen LogP contribution is 2.39. The lowest BCUT2D eigenvalue weighted by Gasteiger charge is -2.52. The van der Waals surface area contributed by atoms with E-state index >= 15 is 0 Å². The lowest BCUT2D eigenvalue weighted by Crippen LogP contribution is -2.60. The Bertz CT molecular complexity index is 567. The van der Waals surface area contributed by atoms with E-state index in [4.69, 9.17) is 9.57 Å². The second kappa shape index (κ2) is 7.83. The molecule has 0 aromatic heterocycles. The van der Waals surface area contributed by atoms with Crippen LogP contribution in [0, 0.1) is 5.82 Å². The van der Waals surface area contributed by atoms with Crippen LogP contribution in [0.4, 0.5) is 4.39 Å². The van der Waals surface area contributed by atoms with E-state index in [9.17, 15) is 9.18 Å². The van der Waals surface area contributed by atoms with E-state index in [-0.39, 0.29) is 22.9 Å². The summed E-state index contributed by atoms with van der Waals surface area (Å²) in [6.45, 7) is 10.6. The fourth-order valence-electron chi connectivity index (χ4n) is 3.62. The fraction of sp³-hybridized carbons (Fsp3) is 0.650. The molecule has 140 valence electrons. The number of halogens is 1. The second-order valence-electron chi connectivity index (χ2n) is 7.95. The Balaban J connectivity index is 2.22. The molecule has 4 nitrogen and oxygen atoms in total. The first kappa shape index (κ1) is 19.9. The number of rotatable bonds is 6. The number of ether oxygens (including phenoxy) is 1. The van der Waals surface area contributed by atoms with Gasteiger partial charge in [0.1, 0.15) is 5.82 Å². The van der Waals surface area contributed by atoms with Crippen molar-refractivity contribution in [1.29, 1.82) is 0 Å². The van der Waals surface area contributed by atoms with Crippen molar-refractivity contribution in [2.24, 2.45) is 0 Å². The van der Waals surface area contributed by atoms with Crippen LogP contribution in [0.15, 0.2) is 24.3 Å². The highest BCUT2D eigenvalue weighted by molar-refractivity contribution is 5.75. The predicted octanol–water partition coefficient (Wildman–Crippen LogP) is 4.27. The maximum Gasteiger partial charge on any atom is 0.337 e. The average Bonchev–Trinajstić information content (AvgIpc) is 2.51. The number of piperidine rings is 1. The fourth-order valence-corrected chi connectivity index (χ4v) is 3.62. The van der Waals surface area contributed by atoms with Crippen LogP contribution in [0.2, 0.25) is 0 Å². The van der Waals surface area contributed by atoms with Gasteiger partial charge in [-0.05, 0) is 71.6 Å². The molecule has 0 radical (unpaired) electrons. The Morgan fingerprint density at radius 1 is 1.16 bits per heavy atom. The van der Waals surface area contributed by atoms with Crippen molar-refractivity contribution in [3.63, 3.8) is 0 Å². The first-order valence-corrected chi connectivity index (χ1v) is 9.04. The molecule has 1 aromatic carbocycles. The van der Waals surface area contributed by atoms with Crippen molar-refractivity contribution in [3.8, 4) is 0 Å². The third-order valence-corrected chi connectivity index (χ3v) is 4.79. The normalized spacial score (nSPS) is 20.9. The Kier molecular flexibility index (Phi) is 6.22. The summed E-state index contributed by atoms with van der Waals surface area (Å²) in [5.41, 5.74) is 0.497. The zero-order valence-electron chi connectivity index (χ0n) is 16.0. The van der Waals surface area contributed by atoms with Crippen molar-refractivity contribution >= 4 is 5.97 Å². The quantitative estimate of drug-likeness (QED) is 0.717. The van der Waals surface area contributed by atoms with Gasteiger partial charge in [0.05, 0.1) is 6.61 Å². The molecule has 0 saturated carbocycles. The molecular weight excluding hydrogens is 321 g/mol. The molecule has 0 spiro atoms. The van der Waals surface area contributed by atoms with Gasteiger partial charge in [-0.3, -0.25) is 4.84 Å². The molecule has 5 heteroatoms. The number of hydroxylamine groups is 2. The van der Waals surface area contributed by atoms with E-state index in [2.05, 4.69) is 27.7 Å². The summed E-state index contributed by atoms with van der Waals surface area (Å²) < 4.78 is 18.4. The molecule has 1 aromatic rings. The summed E-state index contributed by atoms with van der Waals surface area (Å²) in [7, 11) is 0.